The van der Waals surface area contributed by atoms with Crippen molar-refractivity contribution in [3.63, 3.8) is 0 Å². The fourth-order valence-electron chi connectivity index (χ4n) is 7.23. The molecule has 4 unspecified atom stereocenters. The molecule has 1 amide bonds. The average molecular weight is 593 g/mol. The van der Waals surface area contributed by atoms with E-state index >= 15 is 0 Å². The van der Waals surface area contributed by atoms with Gasteiger partial charge in [-0.2, -0.15) is 8.42 Å². The molecule has 0 radical (unpaired) electrons. The molecular weight excluding hydrogens is 567 g/mol. The van der Waals surface area contributed by atoms with Gasteiger partial charge in [-0.1, -0.05) is 12.1 Å². The number of aliphatic hydroxyl groups is 1. The van der Waals surface area contributed by atoms with Crippen LogP contribution in [0.15, 0.2) is 50.3 Å². The summed E-state index contributed by atoms with van der Waals surface area (Å²) in [7, 11) is -7.88. The van der Waals surface area contributed by atoms with Gasteiger partial charge in [-0.25, -0.2) is 17.5 Å². The van der Waals surface area contributed by atoms with Gasteiger partial charge in [0, 0.05) is 30.6 Å². The molecule has 3 N–H and O–H groups in total. The Labute approximate surface area is 228 Å². The van der Waals surface area contributed by atoms with Crippen molar-refractivity contribution in [2.75, 3.05) is 11.6 Å². The van der Waals surface area contributed by atoms with E-state index in [0.717, 1.165) is 36.0 Å². The first kappa shape index (κ1) is 25.2. The Morgan fingerprint density at radius 1 is 1.18 bits per heavy atom. The fourth-order valence-corrected chi connectivity index (χ4v) is 10.3. The molecule has 39 heavy (non-hydrogen) atoms. The van der Waals surface area contributed by atoms with Crippen LogP contribution in [0.1, 0.15) is 24.0 Å². The molecule has 7 rings (SSSR count). The quantitative estimate of drug-likeness (QED) is 0.468. The van der Waals surface area contributed by atoms with Gasteiger partial charge in [0.05, 0.1) is 6.26 Å². The number of carbonyl (C=O) groups is 1. The first-order valence-corrected chi connectivity index (χ1v) is 16.8. The third kappa shape index (κ3) is 3.94. The van der Waals surface area contributed by atoms with Gasteiger partial charge in [0.1, 0.15) is 27.0 Å². The summed E-state index contributed by atoms with van der Waals surface area (Å²) in [6, 6.07) is 5.69. The van der Waals surface area contributed by atoms with E-state index in [1.807, 2.05) is 0 Å². The number of hydrogen-bond donors (Lipinski definition) is 3. The number of fused-ring (bicyclic) bond motifs is 9. The summed E-state index contributed by atoms with van der Waals surface area (Å²) < 4.78 is 69.4. The van der Waals surface area contributed by atoms with Gasteiger partial charge in [0.2, 0.25) is 10.0 Å². The summed E-state index contributed by atoms with van der Waals surface area (Å²) in [5, 5.41) is 16.2. The van der Waals surface area contributed by atoms with Crippen LogP contribution in [0.25, 0.3) is 0 Å². The SMILES string of the molecule is CS(=O)(=O)NCc1csc2c1S(=O)(=O)N=C(C1=C(O)C3C4CC(C3N(Cc3ccc(F)cc3)C1=O)[C@H]1C[C@@H]41)N2. The molecule has 2 aromatic rings. The lowest BCUT2D eigenvalue weighted by atomic mass is 9.77. The number of thiophene rings is 1. The van der Waals surface area contributed by atoms with Crippen LogP contribution in [0.4, 0.5) is 9.39 Å². The predicted octanol–water partition coefficient (Wildman–Crippen LogP) is 2.57. The third-order valence-corrected chi connectivity index (χ3v) is 11.9. The lowest BCUT2D eigenvalue weighted by Crippen LogP contribution is -2.54. The number of sulfonamides is 2. The van der Waals surface area contributed by atoms with E-state index in [9.17, 15) is 31.1 Å². The van der Waals surface area contributed by atoms with E-state index in [1.165, 1.54) is 17.5 Å². The van der Waals surface area contributed by atoms with Crippen LogP contribution in [-0.4, -0.2) is 50.9 Å². The van der Waals surface area contributed by atoms with Crippen molar-refractivity contribution in [1.82, 2.24) is 9.62 Å². The molecule has 3 saturated carbocycles. The third-order valence-electron chi connectivity index (χ3n) is 8.76. The van der Waals surface area contributed by atoms with Gasteiger partial charge < -0.3 is 15.3 Å². The van der Waals surface area contributed by atoms with Crippen LogP contribution in [0.3, 0.4) is 0 Å². The second-order valence-electron chi connectivity index (χ2n) is 11.0. The normalized spacial score (nSPS) is 31.9. The Morgan fingerprint density at radius 2 is 1.87 bits per heavy atom. The first-order valence-electron chi connectivity index (χ1n) is 12.6. The van der Waals surface area contributed by atoms with E-state index in [2.05, 4.69) is 14.4 Å². The average Bonchev–Trinajstić information content (AvgIpc) is 3.22. The van der Waals surface area contributed by atoms with E-state index in [4.69, 9.17) is 0 Å². The Hall–Kier alpha value is -2.81. The molecule has 3 fully saturated rings. The van der Waals surface area contributed by atoms with E-state index < -0.39 is 26.0 Å². The summed E-state index contributed by atoms with van der Waals surface area (Å²) in [4.78, 5) is 15.6. The zero-order valence-electron chi connectivity index (χ0n) is 20.7. The molecule has 10 nitrogen and oxygen atoms in total. The largest absolute Gasteiger partial charge is 0.511 e. The Morgan fingerprint density at radius 3 is 2.59 bits per heavy atom. The van der Waals surface area contributed by atoms with Gasteiger partial charge >= 0.3 is 0 Å². The number of anilines is 1. The molecule has 6 atom stereocenters. The van der Waals surface area contributed by atoms with E-state index in [-0.39, 0.29) is 75.3 Å². The molecule has 0 saturated heterocycles. The molecule has 2 aliphatic heterocycles. The zero-order valence-corrected chi connectivity index (χ0v) is 23.1. The molecule has 14 heteroatoms. The topological polar surface area (TPSA) is 145 Å². The molecular formula is C25H25FN4O6S3. The van der Waals surface area contributed by atoms with Gasteiger partial charge in [-0.05, 0) is 59.6 Å². The molecule has 3 heterocycles. The number of carbonyl (C=O) groups excluding carboxylic acids is 1. The highest BCUT2D eigenvalue weighted by Gasteiger charge is 2.69. The smallest absolute Gasteiger partial charge is 0.287 e. The highest BCUT2D eigenvalue weighted by molar-refractivity contribution is 7.91. The number of rotatable bonds is 6. The highest BCUT2D eigenvalue weighted by Crippen LogP contribution is 2.70. The van der Waals surface area contributed by atoms with Crippen molar-refractivity contribution in [3.8, 4) is 0 Å². The van der Waals surface area contributed by atoms with Crippen LogP contribution >= 0.6 is 11.3 Å². The minimum Gasteiger partial charge on any atom is -0.511 e. The lowest BCUT2D eigenvalue weighted by Gasteiger charge is -2.44. The number of nitrogens with zero attached hydrogens (tertiary/aromatic N) is 2. The minimum absolute atomic E-state index is 0.126. The second kappa shape index (κ2) is 8.35. The minimum atomic E-state index is -4.32. The summed E-state index contributed by atoms with van der Waals surface area (Å²) in [5.41, 5.74) is 0.797. The summed E-state index contributed by atoms with van der Waals surface area (Å²) in [6.45, 7) is -0.0343. The van der Waals surface area contributed by atoms with Crippen molar-refractivity contribution in [2.45, 2.75) is 36.9 Å². The van der Waals surface area contributed by atoms with E-state index in [1.54, 1.807) is 17.0 Å². The molecule has 5 aliphatic rings. The number of amides is 1. The van der Waals surface area contributed by atoms with E-state index in [0.29, 0.717) is 11.8 Å². The van der Waals surface area contributed by atoms with Crippen molar-refractivity contribution >= 4 is 48.1 Å². The molecule has 206 valence electrons. The maximum Gasteiger partial charge on any atom is 0.287 e. The van der Waals surface area contributed by atoms with Crippen molar-refractivity contribution in [3.05, 3.63) is 57.9 Å². The van der Waals surface area contributed by atoms with Crippen LogP contribution in [0.2, 0.25) is 0 Å². The monoisotopic (exact) mass is 592 g/mol. The fraction of sp³-hybridized carbons (Fsp3) is 0.440. The number of halogens is 1. The van der Waals surface area contributed by atoms with Crippen molar-refractivity contribution in [1.29, 1.82) is 0 Å². The lowest BCUT2D eigenvalue weighted by molar-refractivity contribution is -0.134. The second-order valence-corrected chi connectivity index (χ2v) is 15.3. The van der Waals surface area contributed by atoms with Gasteiger partial charge in [-0.15, -0.1) is 15.7 Å². The van der Waals surface area contributed by atoms with Gasteiger partial charge in [0.15, 0.2) is 5.84 Å². The number of aliphatic hydroxyl groups excluding tert-OH is 1. The van der Waals surface area contributed by atoms with Crippen LogP contribution < -0.4 is 10.0 Å². The number of nitrogens with one attached hydrogen (secondary N) is 2. The van der Waals surface area contributed by atoms with Crippen molar-refractivity contribution in [2.24, 2.45) is 34.0 Å². The molecule has 1 aromatic heterocycles. The summed E-state index contributed by atoms with van der Waals surface area (Å²) in [5.74, 6) is -0.101. The molecule has 2 bridgehead atoms. The highest BCUT2D eigenvalue weighted by atomic mass is 32.2. The predicted molar refractivity (Wildman–Crippen MR) is 141 cm³/mol. The Bertz CT molecular complexity index is 1700. The molecule has 3 aliphatic carbocycles. The number of benzene rings is 1. The van der Waals surface area contributed by atoms with Crippen molar-refractivity contribution < 1.29 is 31.1 Å². The standard InChI is InChI=1S/C25H25FN4O6S3/c1-38(33,34)27-8-12-10-37-24-22(12)39(35,36)29-23(28-24)19-21(31)18-16-7-17(15-6-14(15)16)20(18)30(25(19)32)9-11-2-4-13(26)5-3-11/h2-5,10,14-18,20,27,31H,6-9H2,1H3,(H,28,29)/t14-,15+,16?,17?,18?,20?/m1/s1. The Balaban J connectivity index is 1.28. The summed E-state index contributed by atoms with van der Waals surface area (Å²) in [6.07, 6.45) is 2.95. The van der Waals surface area contributed by atoms with Crippen LogP contribution in [-0.2, 0) is 37.9 Å². The maximum absolute atomic E-state index is 14.0. The van der Waals surface area contributed by atoms with Gasteiger partial charge in [-0.3, -0.25) is 4.79 Å². The molecule has 0 spiro atoms. The summed E-state index contributed by atoms with van der Waals surface area (Å²) >= 11 is 1.05. The van der Waals surface area contributed by atoms with Gasteiger partial charge in [0.25, 0.3) is 15.9 Å². The molecule has 1 aromatic carbocycles. The van der Waals surface area contributed by atoms with Crippen LogP contribution in [0.5, 0.6) is 0 Å². The number of amidine groups is 1. The van der Waals surface area contributed by atoms with Crippen LogP contribution in [0, 0.1) is 35.4 Å². The number of hydrogen-bond acceptors (Lipinski definition) is 8. The zero-order chi connectivity index (χ0) is 27.4. The maximum atomic E-state index is 14.0. The first-order chi connectivity index (χ1) is 18.4. The Kier molecular flexibility index (Phi) is 5.39.